The predicted molar refractivity (Wildman–Crippen MR) is 94.0 cm³/mol. The van der Waals surface area contributed by atoms with Gasteiger partial charge in [-0.15, -0.1) is 0 Å². The summed E-state index contributed by atoms with van der Waals surface area (Å²) in [5, 5.41) is 4.40. The maximum absolute atomic E-state index is 4.40. The Hall–Kier alpha value is -1.46. The molecule has 0 fully saturated rings. The van der Waals surface area contributed by atoms with Crippen molar-refractivity contribution in [3.8, 4) is 0 Å². The van der Waals surface area contributed by atoms with E-state index in [1.807, 2.05) is 18.2 Å². The van der Waals surface area contributed by atoms with E-state index in [0.717, 1.165) is 37.8 Å². The van der Waals surface area contributed by atoms with Crippen molar-refractivity contribution in [1.82, 2.24) is 9.97 Å². The zero-order chi connectivity index (χ0) is 14.8. The minimum absolute atomic E-state index is 0.808. The molecule has 0 unspecified atom stereocenters. The molecule has 1 heterocycles. The molecule has 1 aromatic heterocycles. The van der Waals surface area contributed by atoms with E-state index in [-0.39, 0.29) is 0 Å². The first kappa shape index (κ1) is 14.5. The number of halogens is 2. The second-order valence-electron chi connectivity index (χ2n) is 4.64. The third-order valence-electron chi connectivity index (χ3n) is 3.31. The number of aryl methyl sites for hydroxylation is 1. The number of anilines is 2. The fourth-order valence-electron chi connectivity index (χ4n) is 2.27. The Morgan fingerprint density at radius 1 is 1.10 bits per heavy atom. The van der Waals surface area contributed by atoms with Crippen LogP contribution >= 0.6 is 31.9 Å². The topological polar surface area (TPSA) is 37.8 Å². The normalized spacial score (nSPS) is 10.8. The lowest BCUT2D eigenvalue weighted by Gasteiger charge is -2.12. The number of para-hydroxylation sites is 1. The summed E-state index contributed by atoms with van der Waals surface area (Å²) >= 11 is 7.07. The number of fused-ring (bicyclic) bond motifs is 1. The van der Waals surface area contributed by atoms with Crippen LogP contribution in [0.5, 0.6) is 0 Å². The van der Waals surface area contributed by atoms with Gasteiger partial charge >= 0.3 is 0 Å². The van der Waals surface area contributed by atoms with Gasteiger partial charge in [0.05, 0.1) is 5.52 Å². The quantitative estimate of drug-likeness (QED) is 0.627. The highest BCUT2D eigenvalue weighted by Crippen LogP contribution is 2.32. The van der Waals surface area contributed by atoms with Gasteiger partial charge in [0.2, 0.25) is 0 Å². The molecule has 2 aromatic carbocycles. The summed E-state index contributed by atoms with van der Waals surface area (Å²) in [6, 6.07) is 12.3. The van der Waals surface area contributed by atoms with Crippen LogP contribution < -0.4 is 5.32 Å². The van der Waals surface area contributed by atoms with Crippen molar-refractivity contribution < 1.29 is 0 Å². The summed E-state index contributed by atoms with van der Waals surface area (Å²) in [7, 11) is 0. The van der Waals surface area contributed by atoms with Gasteiger partial charge < -0.3 is 5.32 Å². The van der Waals surface area contributed by atoms with Crippen molar-refractivity contribution >= 4 is 54.3 Å². The van der Waals surface area contributed by atoms with Crippen LogP contribution in [-0.2, 0) is 6.42 Å². The summed E-state index contributed by atoms with van der Waals surface area (Å²) in [4.78, 5) is 8.74. The fraction of sp³-hybridized carbons (Fsp3) is 0.125. The second kappa shape index (κ2) is 6.12. The molecule has 0 aliphatic heterocycles. The largest absolute Gasteiger partial charge is 0.339 e. The Labute approximate surface area is 140 Å². The Morgan fingerprint density at radius 3 is 2.71 bits per heavy atom. The van der Waals surface area contributed by atoms with Crippen LogP contribution in [0.1, 0.15) is 12.5 Å². The molecule has 3 aromatic rings. The number of nitrogens with one attached hydrogen (secondary N) is 1. The molecule has 0 bridgehead atoms. The molecule has 0 aliphatic rings. The maximum Gasteiger partial charge on any atom is 0.141 e. The maximum atomic E-state index is 4.40. The standard InChI is InChI=1S/C16H13Br2N3/c1-2-10-5-3-4-6-14(10)21-16-12-7-11(17)8-13(18)15(12)19-9-20-16/h3-9H,2H2,1H3,(H,19,20,21). The molecular formula is C16H13Br2N3. The molecule has 0 aliphatic carbocycles. The van der Waals surface area contributed by atoms with Gasteiger partial charge in [0.25, 0.3) is 0 Å². The first-order chi connectivity index (χ1) is 10.2. The Balaban J connectivity index is 2.13. The fourth-order valence-corrected chi connectivity index (χ4v) is 3.60. The summed E-state index contributed by atoms with van der Waals surface area (Å²) in [6.07, 6.45) is 2.55. The number of hydrogen-bond donors (Lipinski definition) is 1. The first-order valence-electron chi connectivity index (χ1n) is 6.63. The number of nitrogens with zero attached hydrogens (tertiary/aromatic N) is 2. The van der Waals surface area contributed by atoms with Crippen molar-refractivity contribution in [3.63, 3.8) is 0 Å². The predicted octanol–water partition coefficient (Wildman–Crippen LogP) is 5.46. The highest BCUT2D eigenvalue weighted by atomic mass is 79.9. The molecule has 3 nitrogen and oxygen atoms in total. The van der Waals surface area contributed by atoms with Crippen LogP contribution in [0.4, 0.5) is 11.5 Å². The molecule has 0 radical (unpaired) electrons. The SMILES string of the molecule is CCc1ccccc1Nc1ncnc2c(Br)cc(Br)cc12. The molecule has 21 heavy (non-hydrogen) atoms. The van der Waals surface area contributed by atoms with E-state index < -0.39 is 0 Å². The Morgan fingerprint density at radius 2 is 1.90 bits per heavy atom. The van der Waals surface area contributed by atoms with E-state index in [0.29, 0.717) is 0 Å². The molecule has 0 saturated heterocycles. The molecule has 0 saturated carbocycles. The van der Waals surface area contributed by atoms with E-state index in [1.54, 1.807) is 6.33 Å². The highest BCUT2D eigenvalue weighted by molar-refractivity contribution is 9.11. The Bertz CT molecular complexity index is 803. The summed E-state index contributed by atoms with van der Waals surface area (Å²) < 4.78 is 1.93. The van der Waals surface area contributed by atoms with Crippen molar-refractivity contribution in [1.29, 1.82) is 0 Å². The molecule has 1 N–H and O–H groups in total. The smallest absolute Gasteiger partial charge is 0.141 e. The van der Waals surface area contributed by atoms with Crippen LogP contribution in [-0.4, -0.2) is 9.97 Å². The zero-order valence-electron chi connectivity index (χ0n) is 11.4. The number of aromatic nitrogens is 2. The van der Waals surface area contributed by atoms with Crippen molar-refractivity contribution in [2.45, 2.75) is 13.3 Å². The minimum atomic E-state index is 0.808. The van der Waals surface area contributed by atoms with Gasteiger partial charge in [0, 0.05) is 20.0 Å². The first-order valence-corrected chi connectivity index (χ1v) is 8.22. The van der Waals surface area contributed by atoms with E-state index in [1.165, 1.54) is 5.56 Å². The molecular weight excluding hydrogens is 394 g/mol. The van der Waals surface area contributed by atoms with Gasteiger partial charge in [-0.2, -0.15) is 0 Å². The molecule has 0 spiro atoms. The van der Waals surface area contributed by atoms with E-state index in [9.17, 15) is 0 Å². The second-order valence-corrected chi connectivity index (χ2v) is 6.41. The zero-order valence-corrected chi connectivity index (χ0v) is 14.6. The van der Waals surface area contributed by atoms with Gasteiger partial charge in [-0.1, -0.05) is 41.1 Å². The van der Waals surface area contributed by atoms with Gasteiger partial charge in [-0.3, -0.25) is 0 Å². The average Bonchev–Trinajstić information content (AvgIpc) is 2.48. The molecule has 0 atom stereocenters. The van der Waals surface area contributed by atoms with Crippen LogP contribution in [0.15, 0.2) is 51.7 Å². The third kappa shape index (κ3) is 2.94. The van der Waals surface area contributed by atoms with Crippen molar-refractivity contribution in [2.75, 3.05) is 5.32 Å². The van der Waals surface area contributed by atoms with Gasteiger partial charge in [0.15, 0.2) is 0 Å². The molecule has 5 heteroatoms. The van der Waals surface area contributed by atoms with Crippen LogP contribution in [0.3, 0.4) is 0 Å². The molecule has 3 rings (SSSR count). The highest BCUT2D eigenvalue weighted by Gasteiger charge is 2.09. The van der Waals surface area contributed by atoms with Crippen molar-refractivity contribution in [2.24, 2.45) is 0 Å². The summed E-state index contributed by atoms with van der Waals surface area (Å²) in [5.74, 6) is 0.808. The number of benzene rings is 2. The average molecular weight is 407 g/mol. The lowest BCUT2D eigenvalue weighted by molar-refractivity contribution is 1.13. The number of rotatable bonds is 3. The van der Waals surface area contributed by atoms with E-state index in [2.05, 4.69) is 72.3 Å². The molecule has 0 amide bonds. The van der Waals surface area contributed by atoms with E-state index >= 15 is 0 Å². The number of hydrogen-bond acceptors (Lipinski definition) is 3. The van der Waals surface area contributed by atoms with Gasteiger partial charge in [-0.05, 0) is 46.1 Å². The monoisotopic (exact) mass is 405 g/mol. The van der Waals surface area contributed by atoms with Crippen molar-refractivity contribution in [3.05, 3.63) is 57.2 Å². The molecule has 106 valence electrons. The van der Waals surface area contributed by atoms with Crippen LogP contribution in [0, 0.1) is 0 Å². The summed E-state index contributed by atoms with van der Waals surface area (Å²) in [5.41, 5.74) is 3.24. The van der Waals surface area contributed by atoms with Crippen LogP contribution in [0.25, 0.3) is 10.9 Å². The Kier molecular flexibility index (Phi) is 4.22. The van der Waals surface area contributed by atoms with Crippen LogP contribution in [0.2, 0.25) is 0 Å². The lowest BCUT2D eigenvalue weighted by Crippen LogP contribution is -1.99. The third-order valence-corrected chi connectivity index (χ3v) is 4.37. The minimum Gasteiger partial charge on any atom is -0.339 e. The van der Waals surface area contributed by atoms with Gasteiger partial charge in [-0.25, -0.2) is 9.97 Å². The summed E-state index contributed by atoms with van der Waals surface area (Å²) in [6.45, 7) is 2.14. The van der Waals surface area contributed by atoms with E-state index in [4.69, 9.17) is 0 Å². The lowest BCUT2D eigenvalue weighted by atomic mass is 10.1. The van der Waals surface area contributed by atoms with Gasteiger partial charge in [0.1, 0.15) is 12.1 Å².